The average Bonchev–Trinajstić information content (AvgIpc) is 2.88. The Bertz CT molecular complexity index is 572. The standard InChI is InChI=1S/C16H21NO2S/c1-5-19-12-8-11(9-17-10-12)15(18)13-6-7-14(20-13)16(2,3)4/h6-10,15,18H,5H2,1-4H3. The van der Waals surface area contributed by atoms with Gasteiger partial charge < -0.3 is 9.84 Å². The minimum absolute atomic E-state index is 0.105. The van der Waals surface area contributed by atoms with Crippen molar-refractivity contribution in [3.05, 3.63) is 45.9 Å². The van der Waals surface area contributed by atoms with Crippen LogP contribution in [0.4, 0.5) is 0 Å². The number of hydrogen-bond donors (Lipinski definition) is 1. The van der Waals surface area contributed by atoms with Crippen LogP contribution in [0.2, 0.25) is 0 Å². The summed E-state index contributed by atoms with van der Waals surface area (Å²) in [6.45, 7) is 9.04. The number of aromatic nitrogens is 1. The molecule has 0 aliphatic rings. The van der Waals surface area contributed by atoms with Gasteiger partial charge in [-0.25, -0.2) is 0 Å². The fourth-order valence-corrected chi connectivity index (χ4v) is 2.98. The predicted octanol–water partition coefficient (Wildman–Crippen LogP) is 3.92. The summed E-state index contributed by atoms with van der Waals surface area (Å²) in [4.78, 5) is 6.32. The molecule has 1 atom stereocenters. The highest BCUT2D eigenvalue weighted by atomic mass is 32.1. The highest BCUT2D eigenvalue weighted by Crippen LogP contribution is 2.34. The first-order chi connectivity index (χ1) is 9.41. The van der Waals surface area contributed by atoms with Gasteiger partial charge in [-0.05, 0) is 30.5 Å². The first-order valence-electron chi connectivity index (χ1n) is 6.78. The lowest BCUT2D eigenvalue weighted by molar-refractivity contribution is 0.222. The molecule has 0 spiro atoms. The Balaban J connectivity index is 2.24. The fraction of sp³-hybridized carbons (Fsp3) is 0.438. The quantitative estimate of drug-likeness (QED) is 0.928. The third-order valence-corrected chi connectivity index (χ3v) is 4.56. The highest BCUT2D eigenvalue weighted by molar-refractivity contribution is 7.12. The van der Waals surface area contributed by atoms with E-state index in [0.29, 0.717) is 12.4 Å². The van der Waals surface area contributed by atoms with Crippen molar-refractivity contribution in [1.82, 2.24) is 4.98 Å². The van der Waals surface area contributed by atoms with Gasteiger partial charge in [0.1, 0.15) is 11.9 Å². The Kier molecular flexibility index (Phi) is 4.45. The summed E-state index contributed by atoms with van der Waals surface area (Å²) >= 11 is 1.64. The average molecular weight is 291 g/mol. The summed E-state index contributed by atoms with van der Waals surface area (Å²) in [5, 5.41) is 10.5. The van der Waals surface area contributed by atoms with Crippen molar-refractivity contribution in [3.63, 3.8) is 0 Å². The van der Waals surface area contributed by atoms with E-state index < -0.39 is 6.10 Å². The predicted molar refractivity (Wildman–Crippen MR) is 82.5 cm³/mol. The van der Waals surface area contributed by atoms with Gasteiger partial charge in [0.25, 0.3) is 0 Å². The zero-order valence-corrected chi connectivity index (χ0v) is 13.2. The van der Waals surface area contributed by atoms with E-state index in [9.17, 15) is 5.11 Å². The van der Waals surface area contributed by atoms with E-state index in [2.05, 4.69) is 31.8 Å². The lowest BCUT2D eigenvalue weighted by atomic mass is 9.95. The number of aliphatic hydroxyl groups excluding tert-OH is 1. The van der Waals surface area contributed by atoms with E-state index in [1.54, 1.807) is 23.7 Å². The summed E-state index contributed by atoms with van der Waals surface area (Å²) < 4.78 is 5.42. The van der Waals surface area contributed by atoms with Crippen LogP contribution in [-0.2, 0) is 5.41 Å². The molecule has 20 heavy (non-hydrogen) atoms. The molecule has 0 saturated heterocycles. The summed E-state index contributed by atoms with van der Waals surface area (Å²) in [5.74, 6) is 0.691. The molecule has 0 fully saturated rings. The van der Waals surface area contributed by atoms with Crippen LogP contribution < -0.4 is 4.74 Å². The van der Waals surface area contributed by atoms with Crippen molar-refractivity contribution in [2.45, 2.75) is 39.2 Å². The molecule has 2 heterocycles. The number of pyridine rings is 1. The lowest BCUT2D eigenvalue weighted by Crippen LogP contribution is -2.07. The van der Waals surface area contributed by atoms with Gasteiger partial charge in [-0.3, -0.25) is 4.98 Å². The second-order valence-corrected chi connectivity index (χ2v) is 6.86. The molecular weight excluding hydrogens is 270 g/mol. The van der Waals surface area contributed by atoms with Crippen LogP contribution in [-0.4, -0.2) is 16.7 Å². The van der Waals surface area contributed by atoms with Crippen molar-refractivity contribution in [2.24, 2.45) is 0 Å². The van der Waals surface area contributed by atoms with Crippen molar-refractivity contribution >= 4 is 11.3 Å². The maximum atomic E-state index is 10.5. The van der Waals surface area contributed by atoms with Crippen LogP contribution in [0.1, 0.15) is 49.1 Å². The lowest BCUT2D eigenvalue weighted by Gasteiger charge is -2.16. The van der Waals surface area contributed by atoms with Crippen LogP contribution in [0, 0.1) is 0 Å². The maximum Gasteiger partial charge on any atom is 0.137 e. The van der Waals surface area contributed by atoms with Crippen molar-refractivity contribution in [2.75, 3.05) is 6.61 Å². The smallest absolute Gasteiger partial charge is 0.137 e. The van der Waals surface area contributed by atoms with Crippen LogP contribution >= 0.6 is 11.3 Å². The highest BCUT2D eigenvalue weighted by Gasteiger charge is 2.20. The maximum absolute atomic E-state index is 10.5. The molecule has 0 aliphatic heterocycles. The molecule has 4 heteroatoms. The molecule has 1 N–H and O–H groups in total. The van der Waals surface area contributed by atoms with Crippen molar-refractivity contribution in [3.8, 4) is 5.75 Å². The van der Waals surface area contributed by atoms with Crippen LogP contribution in [0.15, 0.2) is 30.6 Å². The van der Waals surface area contributed by atoms with Gasteiger partial charge in [-0.15, -0.1) is 11.3 Å². The summed E-state index contributed by atoms with van der Waals surface area (Å²) in [5.41, 5.74) is 0.867. The van der Waals surface area contributed by atoms with E-state index in [-0.39, 0.29) is 5.41 Å². The summed E-state index contributed by atoms with van der Waals surface area (Å²) in [7, 11) is 0. The fourth-order valence-electron chi connectivity index (χ4n) is 1.90. The van der Waals surface area contributed by atoms with Gasteiger partial charge in [0.05, 0.1) is 12.8 Å². The van der Waals surface area contributed by atoms with Gasteiger partial charge in [0.2, 0.25) is 0 Å². The number of ether oxygens (including phenoxy) is 1. The molecule has 3 nitrogen and oxygen atoms in total. The SMILES string of the molecule is CCOc1cncc(C(O)c2ccc(C(C)(C)C)s2)c1. The van der Waals surface area contributed by atoms with Gasteiger partial charge in [-0.1, -0.05) is 20.8 Å². The molecule has 0 aliphatic carbocycles. The molecule has 2 rings (SSSR count). The molecule has 0 aromatic carbocycles. The first kappa shape index (κ1) is 15.0. The molecule has 0 radical (unpaired) electrons. The van der Waals surface area contributed by atoms with E-state index in [1.807, 2.05) is 19.1 Å². The Labute approximate surface area is 124 Å². The number of nitrogens with zero attached hydrogens (tertiary/aromatic N) is 1. The topological polar surface area (TPSA) is 42.4 Å². The molecule has 0 bridgehead atoms. The number of rotatable bonds is 4. The van der Waals surface area contributed by atoms with E-state index in [4.69, 9.17) is 4.74 Å². The molecule has 108 valence electrons. The molecule has 0 saturated carbocycles. The third-order valence-electron chi connectivity index (χ3n) is 3.00. The second-order valence-electron chi connectivity index (χ2n) is 5.74. The molecular formula is C16H21NO2S. The zero-order valence-electron chi connectivity index (χ0n) is 12.4. The molecule has 0 amide bonds. The van der Waals surface area contributed by atoms with Gasteiger partial charge in [0, 0.05) is 21.5 Å². The summed E-state index contributed by atoms with van der Waals surface area (Å²) in [6.07, 6.45) is 2.70. The Morgan fingerprint density at radius 3 is 2.65 bits per heavy atom. The minimum Gasteiger partial charge on any atom is -0.492 e. The van der Waals surface area contributed by atoms with Gasteiger partial charge in [-0.2, -0.15) is 0 Å². The van der Waals surface area contributed by atoms with Gasteiger partial charge in [0.15, 0.2) is 0 Å². The number of thiophene rings is 1. The largest absolute Gasteiger partial charge is 0.492 e. The molecule has 1 unspecified atom stereocenters. The van der Waals surface area contributed by atoms with E-state index in [0.717, 1.165) is 10.4 Å². The minimum atomic E-state index is -0.649. The monoisotopic (exact) mass is 291 g/mol. The van der Waals surface area contributed by atoms with Crippen molar-refractivity contribution < 1.29 is 9.84 Å². The van der Waals surface area contributed by atoms with Crippen molar-refractivity contribution in [1.29, 1.82) is 0 Å². The summed E-state index contributed by atoms with van der Waals surface area (Å²) in [6, 6.07) is 5.92. The molecule has 2 aromatic rings. The Morgan fingerprint density at radius 2 is 2.05 bits per heavy atom. The van der Waals surface area contributed by atoms with Gasteiger partial charge >= 0.3 is 0 Å². The second kappa shape index (κ2) is 5.94. The van der Waals surface area contributed by atoms with Crippen LogP contribution in [0.3, 0.4) is 0 Å². The zero-order chi connectivity index (χ0) is 14.8. The first-order valence-corrected chi connectivity index (χ1v) is 7.59. The number of hydrogen-bond acceptors (Lipinski definition) is 4. The normalized spacial score (nSPS) is 13.2. The van der Waals surface area contributed by atoms with E-state index in [1.165, 1.54) is 4.88 Å². The van der Waals surface area contributed by atoms with Crippen LogP contribution in [0.25, 0.3) is 0 Å². The number of aliphatic hydroxyl groups is 1. The molecule has 2 aromatic heterocycles. The van der Waals surface area contributed by atoms with Crippen LogP contribution in [0.5, 0.6) is 5.75 Å². The van der Waals surface area contributed by atoms with E-state index >= 15 is 0 Å². The third kappa shape index (κ3) is 3.38. The Hall–Kier alpha value is -1.39. The Morgan fingerprint density at radius 1 is 1.30 bits per heavy atom.